The highest BCUT2D eigenvalue weighted by Crippen LogP contribution is 2.41. The van der Waals surface area contributed by atoms with Gasteiger partial charge in [0.2, 0.25) is 0 Å². The van der Waals surface area contributed by atoms with Crippen LogP contribution >= 0.6 is 0 Å². The van der Waals surface area contributed by atoms with Crippen LogP contribution in [-0.4, -0.2) is 34.2 Å². The molecule has 114 valence electrons. The van der Waals surface area contributed by atoms with Crippen LogP contribution in [0, 0.1) is 11.8 Å². The summed E-state index contributed by atoms with van der Waals surface area (Å²) >= 11 is 0. The van der Waals surface area contributed by atoms with Gasteiger partial charge in [-0.15, -0.1) is 0 Å². The average Bonchev–Trinajstić information content (AvgIpc) is 2.85. The van der Waals surface area contributed by atoms with Gasteiger partial charge in [0.05, 0.1) is 22.3 Å². The molecule has 1 aliphatic carbocycles. The zero-order chi connectivity index (χ0) is 15.5. The lowest BCUT2D eigenvalue weighted by Gasteiger charge is -2.26. The Balaban J connectivity index is 3.19. The number of ether oxygens (including phenoxy) is 2. The highest BCUT2D eigenvalue weighted by atomic mass is 28.3. The number of esters is 2. The SMILES string of the molecule is COC(=O)C(C(=O)OC)C1CCC/C1=C(/C)[Si](C)(C)C. The van der Waals surface area contributed by atoms with Crippen molar-refractivity contribution in [2.45, 2.75) is 45.8 Å². The van der Waals surface area contributed by atoms with Gasteiger partial charge in [-0.25, -0.2) is 0 Å². The van der Waals surface area contributed by atoms with E-state index in [1.165, 1.54) is 25.0 Å². The minimum Gasteiger partial charge on any atom is -0.468 e. The summed E-state index contributed by atoms with van der Waals surface area (Å²) in [6, 6.07) is 0. The van der Waals surface area contributed by atoms with Gasteiger partial charge in [0.15, 0.2) is 5.92 Å². The first-order chi connectivity index (χ1) is 9.23. The molecule has 0 aromatic rings. The number of rotatable bonds is 4. The van der Waals surface area contributed by atoms with E-state index in [-0.39, 0.29) is 5.92 Å². The fraction of sp³-hybridized carbons (Fsp3) is 0.733. The van der Waals surface area contributed by atoms with Crippen LogP contribution in [0.25, 0.3) is 0 Å². The molecule has 1 rings (SSSR count). The van der Waals surface area contributed by atoms with E-state index < -0.39 is 25.9 Å². The summed E-state index contributed by atoms with van der Waals surface area (Å²) in [5.41, 5.74) is 1.28. The normalized spacial score (nSPS) is 21.9. The highest BCUT2D eigenvalue weighted by molar-refractivity contribution is 6.83. The number of carbonyl (C=O) groups excluding carboxylic acids is 2. The number of hydrogen-bond donors (Lipinski definition) is 0. The van der Waals surface area contributed by atoms with E-state index in [1.807, 2.05) is 0 Å². The maximum absolute atomic E-state index is 12.0. The maximum Gasteiger partial charge on any atom is 0.320 e. The van der Waals surface area contributed by atoms with Crippen molar-refractivity contribution in [3.63, 3.8) is 0 Å². The lowest BCUT2D eigenvalue weighted by molar-refractivity contribution is -0.160. The summed E-state index contributed by atoms with van der Waals surface area (Å²) in [6.07, 6.45) is 2.85. The van der Waals surface area contributed by atoms with Gasteiger partial charge in [0, 0.05) is 5.92 Å². The number of carbonyl (C=O) groups is 2. The minimum absolute atomic E-state index is 0.0541. The van der Waals surface area contributed by atoms with Gasteiger partial charge in [-0.3, -0.25) is 9.59 Å². The molecule has 0 aliphatic heterocycles. The molecule has 0 amide bonds. The van der Waals surface area contributed by atoms with Gasteiger partial charge in [0.1, 0.15) is 0 Å². The van der Waals surface area contributed by atoms with E-state index in [2.05, 4.69) is 26.6 Å². The first-order valence-corrected chi connectivity index (χ1v) is 10.6. The molecule has 0 aromatic carbocycles. The first-order valence-electron chi connectivity index (χ1n) is 7.09. The monoisotopic (exact) mass is 298 g/mol. The second-order valence-electron chi connectivity index (χ2n) is 6.42. The molecule has 0 heterocycles. The maximum atomic E-state index is 12.0. The Morgan fingerprint density at radius 2 is 1.65 bits per heavy atom. The third-order valence-corrected chi connectivity index (χ3v) is 6.90. The predicted octanol–water partition coefficient (Wildman–Crippen LogP) is 2.94. The van der Waals surface area contributed by atoms with Crippen LogP contribution in [0.3, 0.4) is 0 Å². The predicted molar refractivity (Wildman–Crippen MR) is 80.9 cm³/mol. The molecule has 4 nitrogen and oxygen atoms in total. The molecule has 0 radical (unpaired) electrons. The molecule has 0 bridgehead atoms. The second kappa shape index (κ2) is 6.57. The van der Waals surface area contributed by atoms with Crippen LogP contribution in [0.1, 0.15) is 26.2 Å². The Morgan fingerprint density at radius 3 is 2.05 bits per heavy atom. The van der Waals surface area contributed by atoms with E-state index in [0.717, 1.165) is 19.3 Å². The molecule has 0 N–H and O–H groups in total. The van der Waals surface area contributed by atoms with Gasteiger partial charge in [0.25, 0.3) is 0 Å². The van der Waals surface area contributed by atoms with Gasteiger partial charge in [-0.1, -0.05) is 30.4 Å². The van der Waals surface area contributed by atoms with Crippen LogP contribution in [0.4, 0.5) is 0 Å². The topological polar surface area (TPSA) is 52.6 Å². The summed E-state index contributed by atoms with van der Waals surface area (Å²) in [4.78, 5) is 24.0. The van der Waals surface area contributed by atoms with E-state index >= 15 is 0 Å². The fourth-order valence-corrected chi connectivity index (χ4v) is 4.14. The molecular weight excluding hydrogens is 272 g/mol. The molecule has 1 aliphatic rings. The van der Waals surface area contributed by atoms with Crippen molar-refractivity contribution in [3.05, 3.63) is 10.8 Å². The van der Waals surface area contributed by atoms with Crippen LogP contribution < -0.4 is 0 Å². The molecule has 0 spiro atoms. The second-order valence-corrected chi connectivity index (χ2v) is 11.7. The highest BCUT2D eigenvalue weighted by Gasteiger charge is 2.42. The molecule has 1 saturated carbocycles. The first kappa shape index (κ1) is 16.9. The smallest absolute Gasteiger partial charge is 0.320 e. The number of methoxy groups -OCH3 is 2. The Bertz CT molecular complexity index is 404. The van der Waals surface area contributed by atoms with Gasteiger partial charge >= 0.3 is 11.9 Å². The Hall–Kier alpha value is -1.10. The van der Waals surface area contributed by atoms with E-state index in [4.69, 9.17) is 9.47 Å². The van der Waals surface area contributed by atoms with Gasteiger partial charge in [-0.2, -0.15) is 0 Å². The van der Waals surface area contributed by atoms with Crippen molar-refractivity contribution in [1.82, 2.24) is 0 Å². The summed E-state index contributed by atoms with van der Waals surface area (Å²) in [7, 11) is 1.21. The molecule has 0 aromatic heterocycles. The van der Waals surface area contributed by atoms with Crippen LogP contribution in [0.15, 0.2) is 10.8 Å². The van der Waals surface area contributed by atoms with E-state index in [9.17, 15) is 9.59 Å². The van der Waals surface area contributed by atoms with Crippen LogP contribution in [-0.2, 0) is 19.1 Å². The molecule has 1 fully saturated rings. The molecule has 5 heteroatoms. The molecule has 1 atom stereocenters. The van der Waals surface area contributed by atoms with E-state index in [1.54, 1.807) is 0 Å². The summed E-state index contributed by atoms with van der Waals surface area (Å²) in [5, 5.41) is 1.40. The van der Waals surface area contributed by atoms with Crippen molar-refractivity contribution in [2.24, 2.45) is 11.8 Å². The van der Waals surface area contributed by atoms with Crippen molar-refractivity contribution < 1.29 is 19.1 Å². The third-order valence-electron chi connectivity index (χ3n) is 4.33. The van der Waals surface area contributed by atoms with Crippen molar-refractivity contribution >= 4 is 20.0 Å². The minimum atomic E-state index is -1.43. The molecular formula is C15H26O4Si. The number of hydrogen-bond acceptors (Lipinski definition) is 4. The Morgan fingerprint density at radius 1 is 1.15 bits per heavy atom. The fourth-order valence-electron chi connectivity index (χ4n) is 2.87. The Kier molecular flexibility index (Phi) is 5.56. The standard InChI is InChI=1S/C15H26O4Si/c1-10(20(4,5)6)11-8-7-9-12(11)13(14(16)18-2)15(17)19-3/h12-13H,7-9H2,1-6H3/b11-10+. The lowest BCUT2D eigenvalue weighted by Crippen LogP contribution is -2.34. The van der Waals surface area contributed by atoms with Crippen LogP contribution in [0.2, 0.25) is 19.6 Å². The van der Waals surface area contributed by atoms with Crippen molar-refractivity contribution in [2.75, 3.05) is 14.2 Å². The zero-order valence-electron chi connectivity index (χ0n) is 13.4. The quantitative estimate of drug-likeness (QED) is 0.455. The van der Waals surface area contributed by atoms with E-state index in [0.29, 0.717) is 0 Å². The zero-order valence-corrected chi connectivity index (χ0v) is 14.4. The lowest BCUT2D eigenvalue weighted by atomic mass is 9.87. The van der Waals surface area contributed by atoms with Crippen LogP contribution in [0.5, 0.6) is 0 Å². The van der Waals surface area contributed by atoms with Crippen molar-refractivity contribution in [3.8, 4) is 0 Å². The molecule has 0 saturated heterocycles. The molecule has 1 unspecified atom stereocenters. The van der Waals surface area contributed by atoms with Crippen molar-refractivity contribution in [1.29, 1.82) is 0 Å². The van der Waals surface area contributed by atoms with Gasteiger partial charge in [-0.05, 0) is 26.2 Å². The summed E-state index contributed by atoms with van der Waals surface area (Å²) in [6.45, 7) is 9.02. The van der Waals surface area contributed by atoms with Gasteiger partial charge < -0.3 is 9.47 Å². The Labute approximate surface area is 122 Å². The molecule has 20 heavy (non-hydrogen) atoms. The third kappa shape index (κ3) is 3.51. The summed E-state index contributed by atoms with van der Waals surface area (Å²) in [5.74, 6) is -1.83. The largest absolute Gasteiger partial charge is 0.468 e. The average molecular weight is 298 g/mol. The number of allylic oxidation sites excluding steroid dienone is 2. The summed E-state index contributed by atoms with van der Waals surface area (Å²) < 4.78 is 9.62.